The second-order valence-electron chi connectivity index (χ2n) is 4.89. The van der Waals surface area contributed by atoms with Crippen LogP contribution in [0.15, 0.2) is 5.38 Å². The molecule has 2 nitrogen and oxygen atoms in total. The van der Waals surface area contributed by atoms with Crippen molar-refractivity contribution in [3.05, 3.63) is 21.6 Å². The van der Waals surface area contributed by atoms with Gasteiger partial charge in [-0.25, -0.2) is 22.1 Å². The van der Waals surface area contributed by atoms with Crippen LogP contribution in [0.1, 0.15) is 50.6 Å². The summed E-state index contributed by atoms with van der Waals surface area (Å²) in [4.78, 5) is -0.569. The first kappa shape index (κ1) is 15.7. The molecule has 104 valence electrons. The van der Waals surface area contributed by atoms with Gasteiger partial charge in [0.1, 0.15) is 10.7 Å². The van der Waals surface area contributed by atoms with Crippen molar-refractivity contribution in [1.29, 1.82) is 0 Å². The van der Waals surface area contributed by atoms with Crippen LogP contribution in [0, 0.1) is 5.82 Å². The zero-order valence-corrected chi connectivity index (χ0v) is 12.2. The number of hydrogen-bond donors (Lipinski definition) is 1. The fourth-order valence-electron chi connectivity index (χ4n) is 1.21. The van der Waals surface area contributed by atoms with E-state index in [9.17, 15) is 17.4 Å². The Kier molecular flexibility index (Phi) is 4.97. The zero-order valence-electron chi connectivity index (χ0n) is 10.6. The van der Waals surface area contributed by atoms with Crippen LogP contribution in [0.2, 0.25) is 0 Å². The van der Waals surface area contributed by atoms with Gasteiger partial charge >= 0.3 is 0 Å². The number of rotatable bonds is 4. The zero-order chi connectivity index (χ0) is 14.1. The molecule has 18 heavy (non-hydrogen) atoms. The van der Waals surface area contributed by atoms with Crippen molar-refractivity contribution in [2.75, 3.05) is 0 Å². The molecule has 0 aromatic carbocycles. The molecule has 1 N–H and O–H groups in total. The fraction of sp³-hybridized carbons (Fsp3) is 0.636. The van der Waals surface area contributed by atoms with Crippen molar-refractivity contribution in [2.24, 2.45) is 0 Å². The van der Waals surface area contributed by atoms with E-state index >= 15 is 0 Å². The van der Waals surface area contributed by atoms with Crippen molar-refractivity contribution in [2.45, 2.75) is 44.9 Å². The normalized spacial score (nSPS) is 16.0. The highest BCUT2D eigenvalue weighted by Crippen LogP contribution is 2.33. The van der Waals surface area contributed by atoms with E-state index in [1.54, 1.807) is 27.7 Å². The summed E-state index contributed by atoms with van der Waals surface area (Å²) < 4.78 is 52.6. The molecule has 7 heteroatoms. The molecular formula is C11H16F3NOS2. The molecule has 1 aromatic heterocycles. The first-order chi connectivity index (χ1) is 8.14. The van der Waals surface area contributed by atoms with Gasteiger partial charge < -0.3 is 0 Å². The number of halogens is 3. The molecule has 0 saturated carbocycles. The van der Waals surface area contributed by atoms with E-state index in [-0.39, 0.29) is 5.56 Å². The summed E-state index contributed by atoms with van der Waals surface area (Å²) in [6, 6.07) is -0.575. The van der Waals surface area contributed by atoms with Crippen LogP contribution >= 0.6 is 11.3 Å². The maximum absolute atomic E-state index is 13.7. The van der Waals surface area contributed by atoms with Crippen LogP contribution in [0.25, 0.3) is 0 Å². The van der Waals surface area contributed by atoms with Crippen LogP contribution in [0.5, 0.6) is 0 Å². The molecule has 2 atom stereocenters. The molecule has 0 aliphatic heterocycles. The standard InChI is InChI=1S/C11H16F3NOS2/c1-6(15-18(16)11(2,3)4)7-5-17-9(8(7)12)10(13)14/h5-6,10,15H,1-4H3/t6-,18?/m1/s1. The van der Waals surface area contributed by atoms with Crippen LogP contribution in [0.3, 0.4) is 0 Å². The highest BCUT2D eigenvalue weighted by atomic mass is 32.2. The summed E-state index contributed by atoms with van der Waals surface area (Å²) in [5, 5.41) is 1.34. The third kappa shape index (κ3) is 3.55. The molecule has 0 aliphatic carbocycles. The summed E-state index contributed by atoms with van der Waals surface area (Å²) in [5.74, 6) is -0.902. The quantitative estimate of drug-likeness (QED) is 0.896. The Morgan fingerprint density at radius 3 is 2.33 bits per heavy atom. The molecule has 0 spiro atoms. The van der Waals surface area contributed by atoms with Crippen LogP contribution in [-0.2, 0) is 11.0 Å². The maximum Gasteiger partial charge on any atom is 0.275 e. The Labute approximate surface area is 111 Å². The molecule has 0 amide bonds. The predicted molar refractivity (Wildman–Crippen MR) is 68.7 cm³/mol. The van der Waals surface area contributed by atoms with Crippen molar-refractivity contribution >= 4 is 22.3 Å². The first-order valence-corrected chi connectivity index (χ1v) is 7.40. The van der Waals surface area contributed by atoms with Crippen LogP contribution in [-0.4, -0.2) is 8.96 Å². The number of alkyl halides is 2. The predicted octanol–water partition coefficient (Wildman–Crippen LogP) is 3.94. The largest absolute Gasteiger partial charge is 0.275 e. The highest BCUT2D eigenvalue weighted by molar-refractivity contribution is 7.84. The summed E-state index contributed by atoms with van der Waals surface area (Å²) in [7, 11) is -1.38. The molecule has 1 heterocycles. The first-order valence-electron chi connectivity index (χ1n) is 5.37. The molecule has 1 rings (SSSR count). The lowest BCUT2D eigenvalue weighted by Crippen LogP contribution is -2.34. The van der Waals surface area contributed by atoms with E-state index in [4.69, 9.17) is 0 Å². The van der Waals surface area contributed by atoms with Gasteiger partial charge in [-0.3, -0.25) is 0 Å². The van der Waals surface area contributed by atoms with E-state index in [2.05, 4.69) is 4.72 Å². The van der Waals surface area contributed by atoms with Gasteiger partial charge in [-0.2, -0.15) is 0 Å². The highest BCUT2D eigenvalue weighted by Gasteiger charge is 2.26. The second kappa shape index (κ2) is 5.71. The average Bonchev–Trinajstić information content (AvgIpc) is 2.58. The number of nitrogens with one attached hydrogen (secondary N) is 1. The SMILES string of the molecule is C[C@@H](NS(=O)C(C)(C)C)c1csc(C(F)F)c1F. The topological polar surface area (TPSA) is 29.1 Å². The lowest BCUT2D eigenvalue weighted by atomic mass is 10.2. The molecule has 0 bridgehead atoms. The van der Waals surface area contributed by atoms with Crippen LogP contribution in [0.4, 0.5) is 13.2 Å². The van der Waals surface area contributed by atoms with Crippen molar-refractivity contribution in [3.8, 4) is 0 Å². The Bertz CT molecular complexity index is 440. The Morgan fingerprint density at radius 2 is 1.94 bits per heavy atom. The summed E-state index contributed by atoms with van der Waals surface area (Å²) in [6.45, 7) is 6.93. The lowest BCUT2D eigenvalue weighted by Gasteiger charge is -2.21. The minimum Gasteiger partial charge on any atom is -0.242 e. The molecule has 0 radical (unpaired) electrons. The maximum atomic E-state index is 13.7. The van der Waals surface area contributed by atoms with Gasteiger partial charge in [0.2, 0.25) is 0 Å². The molecule has 0 aliphatic rings. The Morgan fingerprint density at radius 1 is 1.39 bits per heavy atom. The van der Waals surface area contributed by atoms with Gasteiger partial charge in [-0.15, -0.1) is 11.3 Å². The summed E-state index contributed by atoms with van der Waals surface area (Å²) in [6.07, 6.45) is -2.82. The number of thiophene rings is 1. The lowest BCUT2D eigenvalue weighted by molar-refractivity contribution is 0.151. The Balaban J connectivity index is 2.86. The van der Waals surface area contributed by atoms with Crippen molar-refractivity contribution < 1.29 is 17.4 Å². The van der Waals surface area contributed by atoms with Crippen molar-refractivity contribution in [3.63, 3.8) is 0 Å². The molecular weight excluding hydrogens is 283 g/mol. The van der Waals surface area contributed by atoms with E-state index in [0.29, 0.717) is 11.3 Å². The Hall–Kier alpha value is -0.400. The molecule has 0 saturated heterocycles. The van der Waals surface area contributed by atoms with Crippen LogP contribution < -0.4 is 4.72 Å². The average molecular weight is 299 g/mol. The van der Waals surface area contributed by atoms with Gasteiger partial charge in [-0.1, -0.05) is 0 Å². The molecule has 0 fully saturated rings. The third-order valence-electron chi connectivity index (χ3n) is 2.29. The summed E-state index contributed by atoms with van der Waals surface area (Å²) >= 11 is 0.683. The molecule has 1 aromatic rings. The van der Waals surface area contributed by atoms with Gasteiger partial charge in [-0.05, 0) is 33.1 Å². The van der Waals surface area contributed by atoms with E-state index in [1.807, 2.05) is 0 Å². The number of hydrogen-bond acceptors (Lipinski definition) is 2. The smallest absolute Gasteiger partial charge is 0.242 e. The second-order valence-corrected chi connectivity index (χ2v) is 7.80. The van der Waals surface area contributed by atoms with Gasteiger partial charge in [0, 0.05) is 11.6 Å². The fourth-order valence-corrected chi connectivity index (χ4v) is 2.90. The van der Waals surface area contributed by atoms with Gasteiger partial charge in [0.05, 0.1) is 15.7 Å². The van der Waals surface area contributed by atoms with Gasteiger partial charge in [0.25, 0.3) is 6.43 Å². The van der Waals surface area contributed by atoms with Crippen molar-refractivity contribution in [1.82, 2.24) is 4.72 Å². The van der Waals surface area contributed by atoms with E-state index in [0.717, 1.165) is 0 Å². The van der Waals surface area contributed by atoms with E-state index in [1.165, 1.54) is 5.38 Å². The van der Waals surface area contributed by atoms with Gasteiger partial charge in [0.15, 0.2) is 0 Å². The van der Waals surface area contributed by atoms with E-state index < -0.39 is 38.9 Å². The summed E-state index contributed by atoms with van der Waals surface area (Å²) in [5.41, 5.74) is 0.132. The third-order valence-corrected chi connectivity index (χ3v) is 4.95. The minimum atomic E-state index is -2.82. The monoisotopic (exact) mass is 299 g/mol. The molecule has 1 unspecified atom stereocenters. The minimum absolute atomic E-state index is 0.132.